The fourth-order valence-electron chi connectivity index (χ4n) is 3.98. The van der Waals surface area contributed by atoms with E-state index in [0.29, 0.717) is 13.1 Å². The van der Waals surface area contributed by atoms with Crippen LogP contribution in [0.2, 0.25) is 0 Å². The van der Waals surface area contributed by atoms with E-state index >= 15 is 0 Å². The molecule has 1 fully saturated rings. The van der Waals surface area contributed by atoms with Crippen molar-refractivity contribution in [3.8, 4) is 5.75 Å². The Kier molecular flexibility index (Phi) is 6.38. The molecule has 9 heteroatoms. The predicted molar refractivity (Wildman–Crippen MR) is 116 cm³/mol. The maximum absolute atomic E-state index is 13.3. The number of aromatic nitrogens is 1. The van der Waals surface area contributed by atoms with Crippen LogP contribution in [0.3, 0.4) is 0 Å². The van der Waals surface area contributed by atoms with E-state index in [0.717, 1.165) is 40.3 Å². The quantitative estimate of drug-likeness (QED) is 0.536. The number of hydrogen-bond acceptors (Lipinski definition) is 6. The Morgan fingerprint density at radius 1 is 1.19 bits per heavy atom. The molecule has 31 heavy (non-hydrogen) atoms. The number of piperidine rings is 1. The lowest BCUT2D eigenvalue weighted by Gasteiger charge is -2.40. The second-order valence-corrected chi connectivity index (χ2v) is 9.08. The lowest BCUT2D eigenvalue weighted by atomic mass is 10.0. The normalized spacial score (nSPS) is 22.4. The Hall–Kier alpha value is -2.33. The first-order valence-corrected chi connectivity index (χ1v) is 11.1. The van der Waals surface area contributed by atoms with E-state index in [1.807, 2.05) is 25.2 Å². The number of para-hydroxylation sites is 1. The third kappa shape index (κ3) is 5.12. The smallest absolute Gasteiger partial charge is 0.186 e. The molecule has 1 aliphatic rings. The maximum Gasteiger partial charge on any atom is 0.186 e. The fraction of sp³-hybridized carbons (Fsp3) is 0.409. The van der Waals surface area contributed by atoms with E-state index in [2.05, 4.69) is 11.0 Å². The molecule has 2 aromatic carbocycles. The summed E-state index contributed by atoms with van der Waals surface area (Å²) >= 11 is 1.66. The summed E-state index contributed by atoms with van der Waals surface area (Å²) < 4.78 is 32.5. The van der Waals surface area contributed by atoms with Crippen LogP contribution in [0, 0.1) is 11.6 Å². The number of fused-ring (bicyclic) bond motifs is 1. The number of hydroxylamine groups is 3. The highest BCUT2D eigenvalue weighted by Gasteiger charge is 2.37. The van der Waals surface area contributed by atoms with Crippen molar-refractivity contribution < 1.29 is 28.5 Å². The molecule has 166 valence electrons. The largest absolute Gasteiger partial charge is 0.491 e. The van der Waals surface area contributed by atoms with Crippen LogP contribution in [-0.2, 0) is 0 Å². The number of ether oxygens (including phenoxy) is 1. The number of thiazole rings is 1. The average Bonchev–Trinajstić information content (AvgIpc) is 3.19. The molecule has 0 amide bonds. The van der Waals surface area contributed by atoms with Crippen molar-refractivity contribution in [1.29, 1.82) is 0 Å². The summed E-state index contributed by atoms with van der Waals surface area (Å²) in [5.74, 6) is -1.82. The summed E-state index contributed by atoms with van der Waals surface area (Å²) in [5.41, 5.74) is 0.988. The Bertz CT molecular complexity index is 1010. The summed E-state index contributed by atoms with van der Waals surface area (Å²) in [5, 5.41) is 22.1. The van der Waals surface area contributed by atoms with Gasteiger partial charge >= 0.3 is 0 Å². The standard InChI is InChI=1S/C22H26F2N3O3S/c1-26(22-25-20-4-2-3-5-21(20)31-22)15-8-10-27(29,11-9-15)13-16(28)14-30-17-6-7-18(23)19(24)12-17/h2-7,12,15-16,28-29H,8-11,13-14H2,1H3/q+1. The Morgan fingerprint density at radius 3 is 2.65 bits per heavy atom. The number of halogens is 2. The third-order valence-corrected chi connectivity index (χ3v) is 6.90. The van der Waals surface area contributed by atoms with Crippen LogP contribution in [0.5, 0.6) is 5.75 Å². The van der Waals surface area contributed by atoms with Gasteiger partial charge in [0.05, 0.1) is 10.2 Å². The van der Waals surface area contributed by atoms with Crippen molar-refractivity contribution in [2.24, 2.45) is 0 Å². The number of likely N-dealkylation sites (tertiary alicyclic amines) is 1. The van der Waals surface area contributed by atoms with E-state index in [1.165, 1.54) is 6.07 Å². The van der Waals surface area contributed by atoms with Gasteiger partial charge in [0.1, 0.15) is 38.1 Å². The molecule has 0 aliphatic carbocycles. The van der Waals surface area contributed by atoms with Gasteiger partial charge in [-0.2, -0.15) is 4.65 Å². The number of aliphatic hydroxyl groups is 1. The molecule has 0 spiro atoms. The maximum atomic E-state index is 13.3. The fourth-order valence-corrected chi connectivity index (χ4v) is 4.97. The molecule has 1 unspecified atom stereocenters. The molecule has 1 atom stereocenters. The van der Waals surface area contributed by atoms with E-state index < -0.39 is 17.7 Å². The Labute approximate surface area is 183 Å². The van der Waals surface area contributed by atoms with Crippen molar-refractivity contribution in [3.05, 3.63) is 54.1 Å². The number of quaternary nitrogens is 1. The number of benzene rings is 2. The second kappa shape index (κ2) is 9.04. The lowest BCUT2D eigenvalue weighted by molar-refractivity contribution is -1.11. The number of hydrogen-bond donors (Lipinski definition) is 2. The van der Waals surface area contributed by atoms with E-state index in [9.17, 15) is 19.1 Å². The molecule has 4 rings (SSSR count). The van der Waals surface area contributed by atoms with Gasteiger partial charge in [0.15, 0.2) is 16.8 Å². The molecule has 1 saturated heterocycles. The van der Waals surface area contributed by atoms with Crippen molar-refractivity contribution in [3.63, 3.8) is 0 Å². The summed E-state index contributed by atoms with van der Waals surface area (Å²) in [6.45, 7) is 1.01. The molecule has 0 saturated carbocycles. The van der Waals surface area contributed by atoms with Gasteiger partial charge in [0, 0.05) is 32.0 Å². The van der Waals surface area contributed by atoms with E-state index in [-0.39, 0.29) is 29.6 Å². The molecule has 3 aromatic rings. The van der Waals surface area contributed by atoms with Gasteiger partial charge < -0.3 is 14.7 Å². The van der Waals surface area contributed by atoms with Crippen LogP contribution in [0.1, 0.15) is 12.8 Å². The van der Waals surface area contributed by atoms with Crippen LogP contribution < -0.4 is 9.64 Å². The average molecular weight is 451 g/mol. The first kappa shape index (κ1) is 21.9. The van der Waals surface area contributed by atoms with Crippen LogP contribution in [0.4, 0.5) is 13.9 Å². The van der Waals surface area contributed by atoms with Crippen LogP contribution >= 0.6 is 11.3 Å². The minimum Gasteiger partial charge on any atom is -0.491 e. The number of nitrogens with zero attached hydrogens (tertiary/aromatic N) is 3. The lowest BCUT2D eigenvalue weighted by Crippen LogP contribution is -2.57. The second-order valence-electron chi connectivity index (χ2n) is 8.07. The Morgan fingerprint density at radius 2 is 1.94 bits per heavy atom. The molecular weight excluding hydrogens is 424 g/mol. The highest BCUT2D eigenvalue weighted by Crippen LogP contribution is 2.31. The van der Waals surface area contributed by atoms with Gasteiger partial charge in [0.2, 0.25) is 0 Å². The van der Waals surface area contributed by atoms with Gasteiger partial charge in [-0.1, -0.05) is 23.5 Å². The van der Waals surface area contributed by atoms with Crippen LogP contribution in [0.15, 0.2) is 42.5 Å². The highest BCUT2D eigenvalue weighted by molar-refractivity contribution is 7.22. The van der Waals surface area contributed by atoms with Gasteiger partial charge in [0.25, 0.3) is 0 Å². The van der Waals surface area contributed by atoms with Crippen LogP contribution in [0.25, 0.3) is 10.2 Å². The third-order valence-electron chi connectivity index (χ3n) is 5.77. The molecule has 0 radical (unpaired) electrons. The first-order chi connectivity index (χ1) is 14.8. The zero-order valence-corrected chi connectivity index (χ0v) is 18.1. The summed E-state index contributed by atoms with van der Waals surface area (Å²) in [6, 6.07) is 11.5. The molecular formula is C22H26F2N3O3S+. The van der Waals surface area contributed by atoms with Crippen molar-refractivity contribution >= 4 is 26.7 Å². The number of rotatable bonds is 7. The number of anilines is 1. The molecule has 0 bridgehead atoms. The molecule has 1 aromatic heterocycles. The number of aliphatic hydroxyl groups excluding tert-OH is 1. The molecule has 1 aliphatic heterocycles. The molecule has 2 heterocycles. The molecule has 6 nitrogen and oxygen atoms in total. The monoisotopic (exact) mass is 450 g/mol. The zero-order valence-electron chi connectivity index (χ0n) is 17.2. The van der Waals surface area contributed by atoms with Gasteiger partial charge in [-0.3, -0.25) is 0 Å². The van der Waals surface area contributed by atoms with Crippen LogP contribution in [-0.4, -0.2) is 65.4 Å². The van der Waals surface area contributed by atoms with Crippen molar-refractivity contribution in [2.45, 2.75) is 25.0 Å². The van der Waals surface area contributed by atoms with Crippen molar-refractivity contribution in [2.75, 3.05) is 38.2 Å². The van der Waals surface area contributed by atoms with E-state index in [1.54, 1.807) is 11.3 Å². The summed E-state index contributed by atoms with van der Waals surface area (Å²) in [6.07, 6.45) is 0.593. The SMILES string of the molecule is CN(c1nc2ccccc2s1)C1CC[N+](O)(CC(O)COc2ccc(F)c(F)c2)CC1. The van der Waals surface area contributed by atoms with Gasteiger partial charge in [-0.25, -0.2) is 19.0 Å². The first-order valence-electron chi connectivity index (χ1n) is 10.3. The Balaban J connectivity index is 1.28. The minimum absolute atomic E-state index is 0.110. The summed E-state index contributed by atoms with van der Waals surface area (Å²) in [7, 11) is 2.03. The van der Waals surface area contributed by atoms with Crippen molar-refractivity contribution in [1.82, 2.24) is 4.98 Å². The highest BCUT2D eigenvalue weighted by atomic mass is 32.1. The van der Waals surface area contributed by atoms with E-state index in [4.69, 9.17) is 9.72 Å². The molecule has 2 N–H and O–H groups in total. The van der Waals surface area contributed by atoms with Gasteiger partial charge in [-0.15, -0.1) is 0 Å². The minimum atomic E-state index is -1.00. The summed E-state index contributed by atoms with van der Waals surface area (Å²) in [4.78, 5) is 6.88. The predicted octanol–water partition coefficient (Wildman–Crippen LogP) is 3.82. The van der Waals surface area contributed by atoms with Gasteiger partial charge in [-0.05, 0) is 24.3 Å². The zero-order chi connectivity index (χ0) is 22.0. The topological polar surface area (TPSA) is 65.8 Å².